The zero-order valence-corrected chi connectivity index (χ0v) is 7.82. The maximum absolute atomic E-state index is 11.9. The molecule has 0 unspecified atom stereocenters. The first-order valence-electron chi connectivity index (χ1n) is 4.28. The average molecular weight is 229 g/mol. The van der Waals surface area contributed by atoms with Gasteiger partial charge in [0.25, 0.3) is 0 Å². The third-order valence-electron chi connectivity index (χ3n) is 1.87. The summed E-state index contributed by atoms with van der Waals surface area (Å²) in [4.78, 5) is 3.77. The lowest BCUT2D eigenvalue weighted by atomic mass is 10.2. The van der Waals surface area contributed by atoms with Gasteiger partial charge in [0.05, 0.1) is 11.7 Å². The Labute approximate surface area is 88.1 Å². The second-order valence-corrected chi connectivity index (χ2v) is 3.10. The zero-order valence-electron chi connectivity index (χ0n) is 7.82. The molecule has 1 aromatic carbocycles. The van der Waals surface area contributed by atoms with Crippen LogP contribution in [0.1, 0.15) is 0 Å². The highest BCUT2D eigenvalue weighted by Crippen LogP contribution is 2.26. The summed E-state index contributed by atoms with van der Waals surface area (Å²) in [7, 11) is 0. The quantitative estimate of drug-likeness (QED) is 0.817. The van der Waals surface area contributed by atoms with Gasteiger partial charge in [0.1, 0.15) is 11.5 Å². The van der Waals surface area contributed by atoms with Gasteiger partial charge in [0.15, 0.2) is 0 Å². The second kappa shape index (κ2) is 3.55. The van der Waals surface area contributed by atoms with Crippen molar-refractivity contribution in [2.24, 2.45) is 0 Å². The van der Waals surface area contributed by atoms with Gasteiger partial charge in [-0.2, -0.15) is 0 Å². The Kier molecular flexibility index (Phi) is 2.34. The summed E-state index contributed by atoms with van der Waals surface area (Å²) in [5, 5.41) is 9.65. The van der Waals surface area contributed by atoms with E-state index < -0.39 is 6.36 Å². The van der Waals surface area contributed by atoms with Crippen molar-refractivity contribution in [1.82, 2.24) is 4.98 Å². The van der Waals surface area contributed by atoms with E-state index >= 15 is 0 Å². The summed E-state index contributed by atoms with van der Waals surface area (Å²) >= 11 is 0. The molecule has 0 aliphatic rings. The number of ether oxygens (including phenoxy) is 1. The number of halogens is 3. The van der Waals surface area contributed by atoms with Crippen LogP contribution in [0.2, 0.25) is 0 Å². The number of alkyl halides is 3. The van der Waals surface area contributed by atoms with E-state index in [9.17, 15) is 13.2 Å². The number of benzene rings is 1. The molecule has 0 radical (unpaired) electrons. The number of fused-ring (bicyclic) bond motifs is 1. The molecular formula is C10H6F3NO2. The Balaban J connectivity index is 2.41. The number of pyridine rings is 1. The van der Waals surface area contributed by atoms with Crippen molar-refractivity contribution in [3.05, 3.63) is 30.5 Å². The molecule has 0 bridgehead atoms. The molecular weight excluding hydrogens is 223 g/mol. The second-order valence-electron chi connectivity index (χ2n) is 3.10. The Bertz CT molecular complexity index is 525. The highest BCUT2D eigenvalue weighted by molar-refractivity contribution is 5.80. The van der Waals surface area contributed by atoms with Gasteiger partial charge >= 0.3 is 6.36 Å². The van der Waals surface area contributed by atoms with Crippen LogP contribution < -0.4 is 4.74 Å². The van der Waals surface area contributed by atoms with Crippen LogP contribution in [0, 0.1) is 0 Å². The molecule has 0 saturated carbocycles. The van der Waals surface area contributed by atoms with Crippen molar-refractivity contribution in [3.63, 3.8) is 0 Å². The number of rotatable bonds is 1. The molecule has 1 heterocycles. The third-order valence-corrected chi connectivity index (χ3v) is 1.87. The lowest BCUT2D eigenvalue weighted by Gasteiger charge is -2.09. The van der Waals surface area contributed by atoms with Crippen molar-refractivity contribution in [1.29, 1.82) is 0 Å². The fourth-order valence-electron chi connectivity index (χ4n) is 1.29. The molecule has 16 heavy (non-hydrogen) atoms. The van der Waals surface area contributed by atoms with Crippen molar-refractivity contribution < 1.29 is 23.0 Å². The molecule has 0 amide bonds. The van der Waals surface area contributed by atoms with Gasteiger partial charge in [-0.15, -0.1) is 13.2 Å². The van der Waals surface area contributed by atoms with Crippen LogP contribution in [-0.4, -0.2) is 16.5 Å². The molecule has 6 heteroatoms. The van der Waals surface area contributed by atoms with Gasteiger partial charge in [-0.25, -0.2) is 0 Å². The van der Waals surface area contributed by atoms with E-state index in [2.05, 4.69) is 9.72 Å². The predicted octanol–water partition coefficient (Wildman–Crippen LogP) is 2.84. The van der Waals surface area contributed by atoms with Crippen LogP contribution in [0.15, 0.2) is 30.5 Å². The summed E-state index contributed by atoms with van der Waals surface area (Å²) in [5.41, 5.74) is 0.319. The number of aromatic nitrogens is 1. The molecule has 0 aliphatic carbocycles. The highest BCUT2D eigenvalue weighted by atomic mass is 19.4. The van der Waals surface area contributed by atoms with Gasteiger partial charge in [-0.3, -0.25) is 4.98 Å². The van der Waals surface area contributed by atoms with Crippen molar-refractivity contribution in [2.75, 3.05) is 0 Å². The fraction of sp³-hybridized carbons (Fsp3) is 0.100. The van der Waals surface area contributed by atoms with E-state index in [-0.39, 0.29) is 11.5 Å². The maximum atomic E-state index is 11.9. The number of hydrogen-bond acceptors (Lipinski definition) is 3. The van der Waals surface area contributed by atoms with Crippen LogP contribution in [0.4, 0.5) is 13.2 Å². The lowest BCUT2D eigenvalue weighted by molar-refractivity contribution is -0.274. The predicted molar refractivity (Wildman–Crippen MR) is 50.1 cm³/mol. The molecule has 1 N–H and O–H groups in total. The van der Waals surface area contributed by atoms with Gasteiger partial charge < -0.3 is 9.84 Å². The molecule has 2 rings (SSSR count). The normalized spacial score (nSPS) is 11.7. The van der Waals surface area contributed by atoms with Crippen LogP contribution in [0.25, 0.3) is 10.9 Å². The number of nitrogens with zero attached hydrogens (tertiary/aromatic N) is 1. The summed E-state index contributed by atoms with van der Waals surface area (Å²) in [6.07, 6.45) is -3.57. The minimum absolute atomic E-state index is 0.0445. The van der Waals surface area contributed by atoms with E-state index in [0.29, 0.717) is 10.9 Å². The first-order valence-corrected chi connectivity index (χ1v) is 4.28. The molecule has 0 spiro atoms. The maximum Gasteiger partial charge on any atom is 0.573 e. The first-order chi connectivity index (χ1) is 7.44. The van der Waals surface area contributed by atoms with Crippen LogP contribution in [0.5, 0.6) is 11.5 Å². The number of hydrogen-bond donors (Lipinski definition) is 1. The molecule has 0 fully saturated rings. The molecule has 1 aromatic heterocycles. The molecule has 3 nitrogen and oxygen atoms in total. The van der Waals surface area contributed by atoms with Crippen LogP contribution >= 0.6 is 0 Å². The highest BCUT2D eigenvalue weighted by Gasteiger charge is 2.31. The van der Waals surface area contributed by atoms with Crippen LogP contribution in [-0.2, 0) is 0 Å². The van der Waals surface area contributed by atoms with Gasteiger partial charge in [0, 0.05) is 11.5 Å². The molecule has 0 saturated heterocycles. The van der Waals surface area contributed by atoms with Gasteiger partial charge in [0.2, 0.25) is 0 Å². The van der Waals surface area contributed by atoms with E-state index in [1.54, 1.807) is 0 Å². The van der Waals surface area contributed by atoms with E-state index in [0.717, 1.165) is 18.3 Å². The average Bonchev–Trinajstić information content (AvgIpc) is 2.16. The van der Waals surface area contributed by atoms with Crippen molar-refractivity contribution >= 4 is 10.9 Å². The smallest absolute Gasteiger partial charge is 0.506 e. The standard InChI is InChI=1S/C10H6F3NO2/c11-10(12,13)16-8-2-1-6-3-7(15)5-14-9(6)4-8/h1-5,15H. The Morgan fingerprint density at radius 2 is 1.94 bits per heavy atom. The topological polar surface area (TPSA) is 42.4 Å². The van der Waals surface area contributed by atoms with E-state index in [4.69, 9.17) is 5.11 Å². The monoisotopic (exact) mass is 229 g/mol. The fourth-order valence-corrected chi connectivity index (χ4v) is 1.29. The Hall–Kier alpha value is -1.98. The number of aromatic hydroxyl groups is 1. The van der Waals surface area contributed by atoms with Crippen molar-refractivity contribution in [2.45, 2.75) is 6.36 Å². The zero-order chi connectivity index (χ0) is 11.8. The SMILES string of the molecule is Oc1cnc2cc(OC(F)(F)F)ccc2c1. The largest absolute Gasteiger partial charge is 0.573 e. The summed E-state index contributed by atoms with van der Waals surface area (Å²) in [5.74, 6) is -0.379. The van der Waals surface area contributed by atoms with Gasteiger partial charge in [-0.1, -0.05) is 0 Å². The Morgan fingerprint density at radius 3 is 2.62 bits per heavy atom. The molecule has 2 aromatic rings. The van der Waals surface area contributed by atoms with Crippen molar-refractivity contribution in [3.8, 4) is 11.5 Å². The molecule has 0 atom stereocenters. The lowest BCUT2D eigenvalue weighted by Crippen LogP contribution is -2.17. The summed E-state index contributed by atoms with van der Waals surface area (Å²) in [6, 6.07) is 5.11. The van der Waals surface area contributed by atoms with Gasteiger partial charge in [-0.05, 0) is 18.2 Å². The summed E-state index contributed by atoms with van der Waals surface area (Å²) in [6.45, 7) is 0. The minimum atomic E-state index is -4.72. The first kappa shape index (κ1) is 10.5. The Morgan fingerprint density at radius 1 is 1.19 bits per heavy atom. The van der Waals surface area contributed by atoms with E-state index in [1.165, 1.54) is 12.1 Å². The summed E-state index contributed by atoms with van der Waals surface area (Å²) < 4.78 is 39.5. The minimum Gasteiger partial charge on any atom is -0.506 e. The molecule has 0 aliphatic heterocycles. The van der Waals surface area contributed by atoms with Crippen LogP contribution in [0.3, 0.4) is 0 Å². The molecule has 84 valence electrons. The third kappa shape index (κ3) is 2.33. The van der Waals surface area contributed by atoms with E-state index in [1.807, 2.05) is 0 Å².